The zero-order chi connectivity index (χ0) is 17.1. The first-order valence-electron chi connectivity index (χ1n) is 8.80. The Morgan fingerprint density at radius 3 is 3.00 bits per heavy atom. The average Bonchev–Trinajstić information content (AvgIpc) is 3.33. The van der Waals surface area contributed by atoms with E-state index in [4.69, 9.17) is 9.47 Å². The maximum atomic E-state index is 12.7. The van der Waals surface area contributed by atoms with Crippen molar-refractivity contribution in [2.75, 3.05) is 33.0 Å². The molecule has 4 rings (SSSR count). The summed E-state index contributed by atoms with van der Waals surface area (Å²) >= 11 is 1.55. The van der Waals surface area contributed by atoms with Gasteiger partial charge in [0.1, 0.15) is 0 Å². The molecule has 2 aromatic rings. The van der Waals surface area contributed by atoms with Crippen molar-refractivity contribution in [3.63, 3.8) is 0 Å². The van der Waals surface area contributed by atoms with E-state index in [2.05, 4.69) is 5.10 Å². The van der Waals surface area contributed by atoms with E-state index in [1.165, 1.54) is 0 Å². The lowest BCUT2D eigenvalue weighted by atomic mass is 10.0. The summed E-state index contributed by atoms with van der Waals surface area (Å²) in [6.07, 6.45) is 3.94. The Labute approximate surface area is 151 Å². The van der Waals surface area contributed by atoms with E-state index in [0.717, 1.165) is 43.9 Å². The van der Waals surface area contributed by atoms with E-state index < -0.39 is 0 Å². The minimum absolute atomic E-state index is 0.0705. The topological polar surface area (TPSA) is 56.6 Å². The quantitative estimate of drug-likeness (QED) is 0.821. The molecule has 134 valence electrons. The van der Waals surface area contributed by atoms with Gasteiger partial charge in [0.15, 0.2) is 0 Å². The second-order valence-corrected chi connectivity index (χ2v) is 7.49. The molecular formula is C18H23N3O3S. The minimum atomic E-state index is 0.0705. The van der Waals surface area contributed by atoms with Crippen LogP contribution in [-0.4, -0.2) is 53.6 Å². The molecule has 1 amide bonds. The summed E-state index contributed by atoms with van der Waals surface area (Å²) < 4.78 is 13.4. The Morgan fingerprint density at radius 2 is 2.20 bits per heavy atom. The van der Waals surface area contributed by atoms with E-state index in [-0.39, 0.29) is 11.9 Å². The van der Waals surface area contributed by atoms with Crippen LogP contribution in [0, 0.1) is 5.92 Å². The summed E-state index contributed by atoms with van der Waals surface area (Å²) in [7, 11) is 0. The van der Waals surface area contributed by atoms with Gasteiger partial charge < -0.3 is 14.4 Å². The van der Waals surface area contributed by atoms with E-state index in [0.29, 0.717) is 25.6 Å². The lowest BCUT2D eigenvalue weighted by Crippen LogP contribution is -2.42. The third kappa shape index (κ3) is 3.78. The summed E-state index contributed by atoms with van der Waals surface area (Å²) in [5.74, 6) is 0.668. The number of carbonyl (C=O) groups excluding carboxylic acids is 1. The maximum absolute atomic E-state index is 12.7. The van der Waals surface area contributed by atoms with Crippen molar-refractivity contribution in [1.29, 1.82) is 0 Å². The average molecular weight is 361 g/mol. The zero-order valence-corrected chi connectivity index (χ0v) is 15.0. The molecule has 0 unspecified atom stereocenters. The molecule has 0 aromatic carbocycles. The van der Waals surface area contributed by atoms with Crippen LogP contribution in [0.4, 0.5) is 0 Å². The summed E-state index contributed by atoms with van der Waals surface area (Å²) in [6, 6.07) is 3.94. The van der Waals surface area contributed by atoms with Crippen molar-refractivity contribution in [2.45, 2.75) is 25.4 Å². The lowest BCUT2D eigenvalue weighted by Gasteiger charge is -2.34. The van der Waals surface area contributed by atoms with Crippen LogP contribution in [0.25, 0.3) is 0 Å². The van der Waals surface area contributed by atoms with Gasteiger partial charge in [0.2, 0.25) is 0 Å². The van der Waals surface area contributed by atoms with Gasteiger partial charge in [-0.1, -0.05) is 0 Å². The maximum Gasteiger partial charge on any atom is 0.255 e. The fraction of sp³-hybridized carbons (Fsp3) is 0.556. The Kier molecular flexibility index (Phi) is 5.14. The lowest BCUT2D eigenvalue weighted by molar-refractivity contribution is 0.00433. The molecule has 1 atom stereocenters. The predicted octanol–water partition coefficient (Wildman–Crippen LogP) is 2.58. The van der Waals surface area contributed by atoms with Crippen molar-refractivity contribution in [2.24, 2.45) is 5.92 Å². The second kappa shape index (κ2) is 7.68. The number of aromatic nitrogens is 2. The fourth-order valence-electron chi connectivity index (χ4n) is 3.52. The highest BCUT2D eigenvalue weighted by atomic mass is 32.1. The van der Waals surface area contributed by atoms with Crippen LogP contribution >= 0.6 is 11.3 Å². The monoisotopic (exact) mass is 361 g/mol. The molecule has 2 aliphatic heterocycles. The number of thiophene rings is 1. The van der Waals surface area contributed by atoms with Gasteiger partial charge in [0.25, 0.3) is 5.91 Å². The molecule has 0 spiro atoms. The normalized spacial score (nSPS) is 21.3. The molecule has 1 fully saturated rings. The first-order chi connectivity index (χ1) is 12.3. The van der Waals surface area contributed by atoms with Gasteiger partial charge in [-0.25, -0.2) is 0 Å². The number of nitrogens with zero attached hydrogens (tertiary/aromatic N) is 3. The number of rotatable bonds is 5. The van der Waals surface area contributed by atoms with Crippen LogP contribution in [0.15, 0.2) is 29.1 Å². The van der Waals surface area contributed by atoms with Crippen LogP contribution in [0.5, 0.6) is 0 Å². The number of hydrogen-bond acceptors (Lipinski definition) is 5. The van der Waals surface area contributed by atoms with Gasteiger partial charge in [-0.2, -0.15) is 16.4 Å². The molecule has 1 saturated heterocycles. The summed E-state index contributed by atoms with van der Waals surface area (Å²) in [5.41, 5.74) is 1.83. The smallest absolute Gasteiger partial charge is 0.255 e. The van der Waals surface area contributed by atoms with Crippen molar-refractivity contribution in [1.82, 2.24) is 14.7 Å². The summed E-state index contributed by atoms with van der Waals surface area (Å²) in [4.78, 5) is 14.6. The summed E-state index contributed by atoms with van der Waals surface area (Å²) in [5, 5.41) is 8.29. The SMILES string of the molecule is O=C(c1ccsc1)N1Cc2ccnn2[C@H](COCC2CCOCC2)C1. The highest BCUT2D eigenvalue weighted by Gasteiger charge is 2.29. The van der Waals surface area contributed by atoms with E-state index in [9.17, 15) is 4.79 Å². The minimum Gasteiger partial charge on any atom is -0.381 e. The third-order valence-electron chi connectivity index (χ3n) is 4.94. The molecule has 4 heterocycles. The van der Waals surface area contributed by atoms with Crippen LogP contribution in [-0.2, 0) is 16.0 Å². The molecule has 0 saturated carbocycles. The highest BCUT2D eigenvalue weighted by Crippen LogP contribution is 2.24. The third-order valence-corrected chi connectivity index (χ3v) is 5.63. The summed E-state index contributed by atoms with van der Waals surface area (Å²) in [6.45, 7) is 4.25. The second-order valence-electron chi connectivity index (χ2n) is 6.71. The molecular weight excluding hydrogens is 338 g/mol. The van der Waals surface area contributed by atoms with Crippen LogP contribution in [0.3, 0.4) is 0 Å². The molecule has 0 bridgehead atoms. The molecule has 7 heteroatoms. The van der Waals surface area contributed by atoms with E-state index in [1.54, 1.807) is 17.5 Å². The highest BCUT2D eigenvalue weighted by molar-refractivity contribution is 7.08. The Morgan fingerprint density at radius 1 is 1.32 bits per heavy atom. The van der Waals surface area contributed by atoms with Gasteiger partial charge >= 0.3 is 0 Å². The van der Waals surface area contributed by atoms with Crippen molar-refractivity contribution < 1.29 is 14.3 Å². The van der Waals surface area contributed by atoms with Crippen LogP contribution in [0.2, 0.25) is 0 Å². The molecule has 25 heavy (non-hydrogen) atoms. The number of amides is 1. The Bertz CT molecular complexity index is 694. The number of carbonyl (C=O) groups is 1. The van der Waals surface area contributed by atoms with E-state index in [1.807, 2.05) is 32.5 Å². The molecule has 2 aliphatic rings. The fourth-order valence-corrected chi connectivity index (χ4v) is 4.15. The zero-order valence-electron chi connectivity index (χ0n) is 14.2. The molecule has 6 nitrogen and oxygen atoms in total. The standard InChI is InChI=1S/C18H23N3O3S/c22-18(15-4-8-25-13-15)20-9-16-1-5-19-21(16)17(10-20)12-24-11-14-2-6-23-7-3-14/h1,4-5,8,13-14,17H,2-3,6-7,9-12H2/t17-/m0/s1. The van der Waals surface area contributed by atoms with Crippen molar-refractivity contribution in [3.8, 4) is 0 Å². The van der Waals surface area contributed by atoms with Gasteiger partial charge in [0.05, 0.1) is 30.5 Å². The first kappa shape index (κ1) is 16.8. The number of ether oxygens (including phenoxy) is 2. The number of fused-ring (bicyclic) bond motifs is 1. The van der Waals surface area contributed by atoms with Gasteiger partial charge in [-0.05, 0) is 36.3 Å². The van der Waals surface area contributed by atoms with Gasteiger partial charge in [-0.3, -0.25) is 9.48 Å². The van der Waals surface area contributed by atoms with Crippen molar-refractivity contribution in [3.05, 3.63) is 40.3 Å². The van der Waals surface area contributed by atoms with E-state index >= 15 is 0 Å². The molecule has 0 radical (unpaired) electrons. The largest absolute Gasteiger partial charge is 0.381 e. The molecule has 0 N–H and O–H groups in total. The molecule has 2 aromatic heterocycles. The first-order valence-corrected chi connectivity index (χ1v) is 9.75. The molecule has 0 aliphatic carbocycles. The number of hydrogen-bond donors (Lipinski definition) is 0. The van der Waals surface area contributed by atoms with Crippen LogP contribution in [0.1, 0.15) is 34.9 Å². The van der Waals surface area contributed by atoms with Crippen molar-refractivity contribution >= 4 is 17.2 Å². The Balaban J connectivity index is 1.39. The van der Waals surface area contributed by atoms with Gasteiger partial charge in [-0.15, -0.1) is 0 Å². The van der Waals surface area contributed by atoms with Crippen LogP contribution < -0.4 is 0 Å². The predicted molar refractivity (Wildman–Crippen MR) is 94.7 cm³/mol. The Hall–Kier alpha value is -1.70. The van der Waals surface area contributed by atoms with Gasteiger partial charge in [0, 0.05) is 37.9 Å².